The predicted molar refractivity (Wildman–Crippen MR) is 104 cm³/mol. The van der Waals surface area contributed by atoms with Crippen LogP contribution in [0.3, 0.4) is 0 Å². The highest BCUT2D eigenvalue weighted by Gasteiger charge is 2.56. The minimum Gasteiger partial charge on any atom is -0.496 e. The molecular weight excluding hydrogens is 459 g/mol. The lowest BCUT2D eigenvalue weighted by Gasteiger charge is -2.38. The summed E-state index contributed by atoms with van der Waals surface area (Å²) in [6.07, 6.45) is -6.86. The molecule has 1 atom stereocenters. The molecule has 0 fully saturated rings. The first-order valence-electron chi connectivity index (χ1n) is 8.78. The van der Waals surface area contributed by atoms with Gasteiger partial charge in [-0.3, -0.25) is 0 Å². The molecule has 0 saturated carbocycles. The van der Waals surface area contributed by atoms with Crippen LogP contribution in [-0.2, 0) is 11.8 Å². The van der Waals surface area contributed by atoms with Crippen molar-refractivity contribution in [1.29, 1.82) is 0 Å². The fourth-order valence-corrected chi connectivity index (χ4v) is 4.16. The van der Waals surface area contributed by atoms with Gasteiger partial charge in [-0.25, -0.2) is 8.78 Å². The quantitative estimate of drug-likeness (QED) is 0.495. The molecule has 0 aliphatic rings. The Hall–Kier alpha value is -1.67. The average Bonchev–Trinajstić information content (AvgIpc) is 2.57. The maximum absolute atomic E-state index is 14.5. The van der Waals surface area contributed by atoms with E-state index < -0.39 is 41.7 Å². The summed E-state index contributed by atoms with van der Waals surface area (Å²) < 4.78 is 75.6. The van der Waals surface area contributed by atoms with E-state index in [9.17, 15) is 27.1 Å². The fourth-order valence-electron chi connectivity index (χ4n) is 3.54. The topological polar surface area (TPSA) is 29.5 Å². The van der Waals surface area contributed by atoms with Crippen LogP contribution in [0, 0.1) is 18.6 Å². The third-order valence-electron chi connectivity index (χ3n) is 4.93. The molecule has 0 heterocycles. The number of aliphatic hydroxyl groups is 1. The molecule has 160 valence electrons. The van der Waals surface area contributed by atoms with Gasteiger partial charge in [0.2, 0.25) is 0 Å². The number of benzene rings is 2. The molecule has 2 aromatic rings. The van der Waals surface area contributed by atoms with Crippen molar-refractivity contribution in [2.45, 2.75) is 50.8 Å². The van der Waals surface area contributed by atoms with Crippen LogP contribution in [0.1, 0.15) is 37.0 Å². The van der Waals surface area contributed by atoms with E-state index in [0.717, 1.165) is 12.1 Å². The Balaban J connectivity index is 2.52. The number of aryl methyl sites for hydroxylation is 1. The summed E-state index contributed by atoms with van der Waals surface area (Å²) in [6.45, 7) is 4.32. The first-order valence-corrected chi connectivity index (χ1v) is 9.57. The SMILES string of the molecule is COc1ccc(F)cc1C(C)(C)CC(O)(Cc1cc(Br)cc(C)c1F)C(F)(F)F. The Bertz CT molecular complexity index is 895. The van der Waals surface area contributed by atoms with E-state index in [1.807, 2.05) is 0 Å². The molecule has 2 aromatic carbocycles. The molecule has 0 saturated heterocycles. The average molecular weight is 481 g/mol. The molecule has 1 N–H and O–H groups in total. The third kappa shape index (κ3) is 5.09. The van der Waals surface area contributed by atoms with Gasteiger partial charge in [-0.2, -0.15) is 13.2 Å². The summed E-state index contributed by atoms with van der Waals surface area (Å²) in [5.41, 5.74) is -4.52. The summed E-state index contributed by atoms with van der Waals surface area (Å²) in [5, 5.41) is 10.7. The van der Waals surface area contributed by atoms with Gasteiger partial charge in [0, 0.05) is 16.5 Å². The minimum atomic E-state index is -5.05. The Kier molecular flexibility index (Phi) is 6.69. The van der Waals surface area contributed by atoms with Crippen LogP contribution < -0.4 is 4.74 Å². The van der Waals surface area contributed by atoms with Crippen molar-refractivity contribution in [3.05, 3.63) is 63.1 Å². The van der Waals surface area contributed by atoms with Crippen molar-refractivity contribution < 1.29 is 31.8 Å². The van der Waals surface area contributed by atoms with Crippen LogP contribution in [0.25, 0.3) is 0 Å². The minimum absolute atomic E-state index is 0.157. The molecule has 2 nitrogen and oxygen atoms in total. The Labute approximate surface area is 174 Å². The zero-order chi connectivity index (χ0) is 22.2. The highest BCUT2D eigenvalue weighted by Crippen LogP contribution is 2.45. The number of hydrogen-bond donors (Lipinski definition) is 1. The molecule has 2 rings (SSSR count). The molecule has 0 aliphatic heterocycles. The van der Waals surface area contributed by atoms with Gasteiger partial charge in [0.05, 0.1) is 7.11 Å². The zero-order valence-corrected chi connectivity index (χ0v) is 18.0. The van der Waals surface area contributed by atoms with Gasteiger partial charge in [-0.15, -0.1) is 0 Å². The van der Waals surface area contributed by atoms with Crippen LogP contribution in [0.4, 0.5) is 22.0 Å². The molecule has 0 spiro atoms. The lowest BCUT2D eigenvalue weighted by atomic mass is 9.72. The molecule has 0 aliphatic carbocycles. The van der Waals surface area contributed by atoms with Gasteiger partial charge in [-0.05, 0) is 60.2 Å². The molecule has 8 heteroatoms. The van der Waals surface area contributed by atoms with Crippen molar-refractivity contribution in [3.8, 4) is 5.75 Å². The second-order valence-corrected chi connectivity index (χ2v) is 8.72. The van der Waals surface area contributed by atoms with E-state index in [4.69, 9.17) is 4.74 Å². The summed E-state index contributed by atoms with van der Waals surface area (Å²) in [5.74, 6) is -1.25. The van der Waals surface area contributed by atoms with Crippen LogP contribution in [0.5, 0.6) is 5.75 Å². The highest BCUT2D eigenvalue weighted by atomic mass is 79.9. The smallest absolute Gasteiger partial charge is 0.417 e. The normalized spacial score (nSPS) is 14.6. The van der Waals surface area contributed by atoms with Crippen molar-refractivity contribution in [2.24, 2.45) is 0 Å². The number of halogens is 6. The molecule has 0 amide bonds. The van der Waals surface area contributed by atoms with E-state index >= 15 is 0 Å². The van der Waals surface area contributed by atoms with Gasteiger partial charge < -0.3 is 9.84 Å². The Morgan fingerprint density at radius 3 is 2.24 bits per heavy atom. The van der Waals surface area contributed by atoms with Crippen LogP contribution in [-0.4, -0.2) is 24.0 Å². The number of hydrogen-bond acceptors (Lipinski definition) is 2. The fraction of sp³-hybridized carbons (Fsp3) is 0.429. The predicted octanol–water partition coefficient (Wildman–Crippen LogP) is 6.25. The molecule has 0 aromatic heterocycles. The van der Waals surface area contributed by atoms with E-state index in [-0.39, 0.29) is 22.4 Å². The second-order valence-electron chi connectivity index (χ2n) is 7.81. The molecule has 1 unspecified atom stereocenters. The van der Waals surface area contributed by atoms with E-state index in [2.05, 4.69) is 15.9 Å². The summed E-state index contributed by atoms with van der Waals surface area (Å²) in [4.78, 5) is 0. The van der Waals surface area contributed by atoms with Gasteiger partial charge in [0.25, 0.3) is 0 Å². The first kappa shape index (κ1) is 23.6. The standard InChI is InChI=1S/C21H22BrF5O2/c1-12-7-14(22)8-13(18(12)24)10-20(28,21(25,26)27)11-19(2,3)16-9-15(23)5-6-17(16)29-4/h5-9,28H,10-11H2,1-4H3. The lowest BCUT2D eigenvalue weighted by Crippen LogP contribution is -2.51. The molecule has 0 radical (unpaired) electrons. The number of methoxy groups -OCH3 is 1. The maximum atomic E-state index is 14.5. The van der Waals surface area contributed by atoms with Crippen LogP contribution in [0.15, 0.2) is 34.8 Å². The largest absolute Gasteiger partial charge is 0.496 e. The number of rotatable bonds is 6. The Morgan fingerprint density at radius 2 is 1.69 bits per heavy atom. The monoisotopic (exact) mass is 480 g/mol. The Morgan fingerprint density at radius 1 is 1.07 bits per heavy atom. The van der Waals surface area contributed by atoms with Crippen molar-refractivity contribution in [3.63, 3.8) is 0 Å². The van der Waals surface area contributed by atoms with Crippen LogP contribution >= 0.6 is 15.9 Å². The summed E-state index contributed by atoms with van der Waals surface area (Å²) in [7, 11) is 1.32. The zero-order valence-electron chi connectivity index (χ0n) is 16.4. The first-order chi connectivity index (χ1) is 13.2. The summed E-state index contributed by atoms with van der Waals surface area (Å²) >= 11 is 3.14. The van der Waals surface area contributed by atoms with E-state index in [1.165, 1.54) is 46.1 Å². The van der Waals surface area contributed by atoms with Crippen molar-refractivity contribution in [2.75, 3.05) is 7.11 Å². The molecular formula is C21H22BrF5O2. The molecule has 0 bridgehead atoms. The third-order valence-corrected chi connectivity index (χ3v) is 5.39. The second kappa shape index (κ2) is 8.22. The lowest BCUT2D eigenvalue weighted by molar-refractivity contribution is -0.266. The maximum Gasteiger partial charge on any atom is 0.417 e. The van der Waals surface area contributed by atoms with Crippen molar-refractivity contribution in [1.82, 2.24) is 0 Å². The van der Waals surface area contributed by atoms with Gasteiger partial charge in [0.15, 0.2) is 5.60 Å². The van der Waals surface area contributed by atoms with Gasteiger partial charge in [0.1, 0.15) is 17.4 Å². The van der Waals surface area contributed by atoms with Crippen LogP contribution in [0.2, 0.25) is 0 Å². The van der Waals surface area contributed by atoms with Gasteiger partial charge >= 0.3 is 6.18 Å². The highest BCUT2D eigenvalue weighted by molar-refractivity contribution is 9.10. The van der Waals surface area contributed by atoms with Gasteiger partial charge in [-0.1, -0.05) is 29.8 Å². The number of alkyl halides is 3. The van der Waals surface area contributed by atoms with E-state index in [1.54, 1.807) is 0 Å². The number of ether oxygens (including phenoxy) is 1. The molecule has 29 heavy (non-hydrogen) atoms. The summed E-state index contributed by atoms with van der Waals surface area (Å²) in [6, 6.07) is 6.19. The van der Waals surface area contributed by atoms with E-state index in [0.29, 0.717) is 4.47 Å². The van der Waals surface area contributed by atoms with Crippen molar-refractivity contribution >= 4 is 15.9 Å².